The lowest BCUT2D eigenvalue weighted by atomic mass is 9.71. The minimum absolute atomic E-state index is 0.117. The van der Waals surface area contributed by atoms with Gasteiger partial charge in [-0.2, -0.15) is 0 Å². The summed E-state index contributed by atoms with van der Waals surface area (Å²) >= 11 is 0. The third-order valence-corrected chi connectivity index (χ3v) is 5.62. The van der Waals surface area contributed by atoms with Gasteiger partial charge in [-0.05, 0) is 56.0 Å². The van der Waals surface area contributed by atoms with Gasteiger partial charge in [-0.15, -0.1) is 0 Å². The molecule has 1 N–H and O–H groups in total. The molecule has 28 heavy (non-hydrogen) atoms. The quantitative estimate of drug-likeness (QED) is 0.861. The van der Waals surface area contributed by atoms with Crippen molar-refractivity contribution >= 4 is 17.5 Å². The summed E-state index contributed by atoms with van der Waals surface area (Å²) in [6, 6.07) is 13.7. The molecule has 4 rings (SSSR count). The maximum Gasteiger partial charge on any atom is 0.267 e. The Kier molecular flexibility index (Phi) is 4.79. The van der Waals surface area contributed by atoms with Crippen LogP contribution in [-0.2, 0) is 15.1 Å². The van der Waals surface area contributed by atoms with Crippen molar-refractivity contribution < 1.29 is 18.7 Å². The average Bonchev–Trinajstić information content (AvgIpc) is 2.66. The number of benzene rings is 2. The zero-order chi connectivity index (χ0) is 19.7. The van der Waals surface area contributed by atoms with E-state index < -0.39 is 11.6 Å². The van der Waals surface area contributed by atoms with Crippen LogP contribution in [0, 0.1) is 5.82 Å². The van der Waals surface area contributed by atoms with E-state index >= 15 is 0 Å². The van der Waals surface area contributed by atoms with Crippen molar-refractivity contribution in [1.29, 1.82) is 0 Å². The maximum atomic E-state index is 13.2. The van der Waals surface area contributed by atoms with Crippen LogP contribution in [0.25, 0.3) is 0 Å². The minimum Gasteiger partial charge on any atom is -0.479 e. The van der Waals surface area contributed by atoms with E-state index in [1.807, 2.05) is 24.3 Å². The van der Waals surface area contributed by atoms with Crippen LogP contribution < -0.4 is 15.0 Å². The van der Waals surface area contributed by atoms with E-state index in [-0.39, 0.29) is 30.6 Å². The molecule has 0 unspecified atom stereocenters. The van der Waals surface area contributed by atoms with E-state index in [1.54, 1.807) is 24.0 Å². The molecule has 2 aromatic rings. The topological polar surface area (TPSA) is 58.6 Å². The molecule has 2 aromatic carbocycles. The molecule has 1 fully saturated rings. The van der Waals surface area contributed by atoms with Crippen LogP contribution in [0.5, 0.6) is 5.75 Å². The molecule has 0 aromatic heterocycles. The first-order chi connectivity index (χ1) is 13.5. The van der Waals surface area contributed by atoms with Gasteiger partial charge in [0.25, 0.3) is 5.91 Å². The zero-order valence-corrected chi connectivity index (χ0v) is 15.8. The number of hydrogen-bond donors (Lipinski definition) is 1. The molecule has 2 aliphatic rings. The highest BCUT2D eigenvalue weighted by atomic mass is 19.1. The smallest absolute Gasteiger partial charge is 0.267 e. The molecule has 0 spiro atoms. The summed E-state index contributed by atoms with van der Waals surface area (Å²) < 4.78 is 18.9. The molecule has 1 heterocycles. The Morgan fingerprint density at radius 3 is 2.61 bits per heavy atom. The molecule has 146 valence electrons. The highest BCUT2D eigenvalue weighted by Crippen LogP contribution is 2.41. The standard InChI is InChI=1S/C22H23FN2O3/c1-15-21(27)25(18-5-2-3-6-19(18)28-15)14-11-20(26)24-22(12-4-13-22)16-7-9-17(23)10-8-16/h2-3,5-10,15H,4,11-14H2,1H3,(H,24,26)/t15-/m0/s1. The summed E-state index contributed by atoms with van der Waals surface area (Å²) in [4.78, 5) is 26.8. The second kappa shape index (κ2) is 7.26. The monoisotopic (exact) mass is 382 g/mol. The molecule has 5 nitrogen and oxygen atoms in total. The van der Waals surface area contributed by atoms with Gasteiger partial charge in [0.15, 0.2) is 6.10 Å². The number of nitrogens with one attached hydrogen (secondary N) is 1. The van der Waals surface area contributed by atoms with E-state index in [4.69, 9.17) is 4.74 Å². The summed E-state index contributed by atoms with van der Waals surface area (Å²) in [6.45, 7) is 2.00. The van der Waals surface area contributed by atoms with Gasteiger partial charge in [-0.1, -0.05) is 24.3 Å². The number of nitrogens with zero attached hydrogens (tertiary/aromatic N) is 1. The number of ether oxygens (including phenoxy) is 1. The summed E-state index contributed by atoms with van der Waals surface area (Å²) in [5.74, 6) is 0.0943. The molecular formula is C22H23FN2O3. The van der Waals surface area contributed by atoms with Crippen molar-refractivity contribution in [2.24, 2.45) is 0 Å². The normalized spacial score (nSPS) is 20.0. The summed E-state index contributed by atoms with van der Waals surface area (Å²) in [7, 11) is 0. The van der Waals surface area contributed by atoms with Gasteiger partial charge in [0.1, 0.15) is 11.6 Å². The molecule has 1 atom stereocenters. The molecule has 1 saturated carbocycles. The SMILES string of the molecule is C[C@@H]1Oc2ccccc2N(CCC(=O)NC2(c3ccc(F)cc3)CCC2)C1=O. The first kappa shape index (κ1) is 18.5. The average molecular weight is 382 g/mol. The van der Waals surface area contributed by atoms with Crippen LogP contribution >= 0.6 is 0 Å². The number of carbonyl (C=O) groups is 2. The van der Waals surface area contributed by atoms with E-state index in [1.165, 1.54) is 12.1 Å². The van der Waals surface area contributed by atoms with Gasteiger partial charge >= 0.3 is 0 Å². The van der Waals surface area contributed by atoms with Crippen LogP contribution in [0.1, 0.15) is 38.2 Å². The highest BCUT2D eigenvalue weighted by molar-refractivity contribution is 6.00. The van der Waals surface area contributed by atoms with E-state index in [2.05, 4.69) is 5.32 Å². The first-order valence-electron chi connectivity index (χ1n) is 9.63. The predicted octanol–water partition coefficient (Wildman–Crippen LogP) is 3.53. The minimum atomic E-state index is -0.574. The second-order valence-corrected chi connectivity index (χ2v) is 7.46. The largest absolute Gasteiger partial charge is 0.479 e. The number of hydrogen-bond acceptors (Lipinski definition) is 3. The Morgan fingerprint density at radius 1 is 1.21 bits per heavy atom. The zero-order valence-electron chi connectivity index (χ0n) is 15.8. The van der Waals surface area contributed by atoms with E-state index in [9.17, 15) is 14.0 Å². The molecule has 1 aliphatic heterocycles. The Labute approximate surface area is 163 Å². The second-order valence-electron chi connectivity index (χ2n) is 7.46. The fraction of sp³-hybridized carbons (Fsp3) is 0.364. The van der Waals surface area contributed by atoms with Gasteiger partial charge in [-0.3, -0.25) is 9.59 Å². The van der Waals surface area contributed by atoms with Gasteiger partial charge < -0.3 is 15.0 Å². The van der Waals surface area contributed by atoms with Gasteiger partial charge in [0.05, 0.1) is 11.2 Å². The van der Waals surface area contributed by atoms with Crippen LogP contribution in [-0.4, -0.2) is 24.5 Å². The molecule has 0 radical (unpaired) electrons. The molecular weight excluding hydrogens is 359 g/mol. The lowest BCUT2D eigenvalue weighted by Gasteiger charge is -2.43. The molecule has 2 amide bonds. The number of halogens is 1. The molecule has 0 saturated heterocycles. The number of fused-ring (bicyclic) bond motifs is 1. The Balaban J connectivity index is 1.44. The number of rotatable bonds is 5. The lowest BCUT2D eigenvalue weighted by Crippen LogP contribution is -2.52. The maximum absolute atomic E-state index is 13.2. The number of carbonyl (C=O) groups excluding carboxylic acids is 2. The van der Waals surface area contributed by atoms with Crippen molar-refractivity contribution in [3.63, 3.8) is 0 Å². The third-order valence-electron chi connectivity index (χ3n) is 5.62. The Hall–Kier alpha value is -2.89. The molecule has 0 bridgehead atoms. The van der Waals surface area contributed by atoms with Crippen LogP contribution in [0.4, 0.5) is 10.1 Å². The molecule has 6 heteroatoms. The van der Waals surface area contributed by atoms with E-state index in [0.29, 0.717) is 11.4 Å². The third kappa shape index (κ3) is 3.35. The van der Waals surface area contributed by atoms with Crippen molar-refractivity contribution in [3.8, 4) is 5.75 Å². The van der Waals surface area contributed by atoms with Crippen LogP contribution in [0.15, 0.2) is 48.5 Å². The summed E-state index contributed by atoms with van der Waals surface area (Å²) in [5.41, 5.74) is 1.19. The van der Waals surface area contributed by atoms with Gasteiger partial charge in [0, 0.05) is 13.0 Å². The van der Waals surface area contributed by atoms with Crippen molar-refractivity contribution in [3.05, 3.63) is 59.9 Å². The summed E-state index contributed by atoms with van der Waals surface area (Å²) in [6.07, 6.45) is 2.30. The van der Waals surface area contributed by atoms with Crippen LogP contribution in [0.3, 0.4) is 0 Å². The first-order valence-corrected chi connectivity index (χ1v) is 9.63. The number of amides is 2. The number of para-hydroxylation sites is 2. The Morgan fingerprint density at radius 2 is 1.93 bits per heavy atom. The number of anilines is 1. The Bertz CT molecular complexity index is 893. The van der Waals surface area contributed by atoms with Crippen molar-refractivity contribution in [1.82, 2.24) is 5.32 Å². The lowest BCUT2D eigenvalue weighted by molar-refractivity contribution is -0.126. The molecule has 1 aliphatic carbocycles. The van der Waals surface area contributed by atoms with Crippen molar-refractivity contribution in [2.75, 3.05) is 11.4 Å². The fourth-order valence-corrected chi connectivity index (χ4v) is 3.92. The van der Waals surface area contributed by atoms with Crippen LogP contribution in [0.2, 0.25) is 0 Å². The van der Waals surface area contributed by atoms with Crippen molar-refractivity contribution in [2.45, 2.75) is 44.2 Å². The predicted molar refractivity (Wildman–Crippen MR) is 104 cm³/mol. The van der Waals surface area contributed by atoms with Gasteiger partial charge in [-0.25, -0.2) is 4.39 Å². The fourth-order valence-electron chi connectivity index (χ4n) is 3.92. The summed E-state index contributed by atoms with van der Waals surface area (Å²) in [5, 5.41) is 3.12. The van der Waals surface area contributed by atoms with E-state index in [0.717, 1.165) is 24.8 Å². The van der Waals surface area contributed by atoms with Gasteiger partial charge in [0.2, 0.25) is 5.91 Å². The highest BCUT2D eigenvalue weighted by Gasteiger charge is 2.40.